The average Bonchev–Trinajstić information content (AvgIpc) is 2.09. The van der Waals surface area contributed by atoms with E-state index in [9.17, 15) is 9.59 Å². The van der Waals surface area contributed by atoms with Crippen molar-refractivity contribution in [3.63, 3.8) is 0 Å². The predicted molar refractivity (Wildman–Crippen MR) is 58.4 cm³/mol. The first-order valence-corrected chi connectivity index (χ1v) is 5.83. The molecule has 0 aromatic rings. The fourth-order valence-corrected chi connectivity index (χ4v) is 3.45. The third-order valence-corrected chi connectivity index (χ3v) is 4.16. The largest absolute Gasteiger partial charge is 0.299 e. The molecule has 0 radical (unpaired) electrons. The van der Waals surface area contributed by atoms with Crippen LogP contribution in [0.1, 0.15) is 47.0 Å². The summed E-state index contributed by atoms with van der Waals surface area (Å²) in [7, 11) is 0. The Bertz CT molecular complexity index is 293. The van der Waals surface area contributed by atoms with E-state index in [1.54, 1.807) is 0 Å². The predicted octanol–water partition coefficient (Wildman–Crippen LogP) is 2.61. The first-order valence-electron chi connectivity index (χ1n) is 5.83. The number of ketones is 2. The zero-order chi connectivity index (χ0) is 11.4. The van der Waals surface area contributed by atoms with Crippen LogP contribution in [0.2, 0.25) is 0 Å². The van der Waals surface area contributed by atoms with Crippen molar-refractivity contribution in [2.75, 3.05) is 0 Å². The van der Waals surface area contributed by atoms with E-state index in [1.165, 1.54) is 0 Å². The number of hydrogen-bond donors (Lipinski definition) is 0. The molecular weight excluding hydrogens is 188 g/mol. The van der Waals surface area contributed by atoms with E-state index < -0.39 is 0 Å². The van der Waals surface area contributed by atoms with Gasteiger partial charge in [0.05, 0.1) is 0 Å². The fraction of sp³-hybridized carbons (Fsp3) is 0.846. The van der Waals surface area contributed by atoms with Gasteiger partial charge in [0.15, 0.2) is 0 Å². The zero-order valence-corrected chi connectivity index (χ0v) is 10.1. The molecule has 0 spiro atoms. The summed E-state index contributed by atoms with van der Waals surface area (Å²) < 4.78 is 0. The highest BCUT2D eigenvalue weighted by molar-refractivity contribution is 5.95. The van der Waals surface area contributed by atoms with E-state index in [-0.39, 0.29) is 22.7 Å². The number of carbonyl (C=O) groups is 2. The molecule has 2 aliphatic rings. The van der Waals surface area contributed by atoms with Gasteiger partial charge in [0.1, 0.15) is 11.6 Å². The number of hydrogen-bond acceptors (Lipinski definition) is 2. The third-order valence-electron chi connectivity index (χ3n) is 4.16. The van der Waals surface area contributed by atoms with Crippen molar-refractivity contribution >= 4 is 11.6 Å². The minimum absolute atomic E-state index is 0.131. The second-order valence-electron chi connectivity index (χ2n) is 6.53. The normalized spacial score (nSPS) is 37.9. The molecule has 0 aromatic heterocycles. The molecular formula is C13H20O2. The molecule has 0 heterocycles. The average molecular weight is 208 g/mol. The Hall–Kier alpha value is -0.660. The molecule has 0 unspecified atom stereocenters. The zero-order valence-electron chi connectivity index (χ0n) is 10.1. The van der Waals surface area contributed by atoms with Crippen LogP contribution in [0, 0.1) is 22.7 Å². The second kappa shape index (κ2) is 2.93. The molecule has 0 N–H and O–H groups in total. The Balaban J connectivity index is 2.34. The van der Waals surface area contributed by atoms with Crippen LogP contribution in [0.5, 0.6) is 0 Å². The Morgan fingerprint density at radius 1 is 0.867 bits per heavy atom. The number of carbonyl (C=O) groups excluding carboxylic acids is 2. The standard InChI is InChI=1S/C13H20O2/c1-12(2)6-8-5-9(10(12)14)7-13(3,4)11(8)15/h8-9H,5-7H2,1-4H3/t8-,9-/m0/s1. The summed E-state index contributed by atoms with van der Waals surface area (Å²) in [5.41, 5.74) is -0.556. The maximum absolute atomic E-state index is 12.1. The van der Waals surface area contributed by atoms with Gasteiger partial charge in [-0.15, -0.1) is 0 Å². The number of fused-ring (bicyclic) bond motifs is 2. The van der Waals surface area contributed by atoms with Crippen LogP contribution >= 0.6 is 0 Å². The summed E-state index contributed by atoms with van der Waals surface area (Å²) in [6.45, 7) is 7.94. The molecule has 2 bridgehead atoms. The van der Waals surface area contributed by atoms with Crippen molar-refractivity contribution in [3.8, 4) is 0 Å². The highest BCUT2D eigenvalue weighted by atomic mass is 16.1. The van der Waals surface area contributed by atoms with Crippen LogP contribution in [-0.2, 0) is 9.59 Å². The van der Waals surface area contributed by atoms with Crippen LogP contribution in [0.4, 0.5) is 0 Å². The van der Waals surface area contributed by atoms with Gasteiger partial charge in [0.2, 0.25) is 0 Å². The first-order chi connectivity index (χ1) is 6.74. The lowest BCUT2D eigenvalue weighted by atomic mass is 9.55. The molecule has 2 saturated carbocycles. The van der Waals surface area contributed by atoms with E-state index in [0.717, 1.165) is 19.3 Å². The van der Waals surface area contributed by atoms with E-state index in [1.807, 2.05) is 27.7 Å². The van der Waals surface area contributed by atoms with Crippen LogP contribution in [0.25, 0.3) is 0 Å². The van der Waals surface area contributed by atoms with Gasteiger partial charge in [0, 0.05) is 22.7 Å². The highest BCUT2D eigenvalue weighted by Gasteiger charge is 2.52. The fourth-order valence-electron chi connectivity index (χ4n) is 3.45. The van der Waals surface area contributed by atoms with E-state index >= 15 is 0 Å². The Labute approximate surface area is 91.4 Å². The molecule has 15 heavy (non-hydrogen) atoms. The summed E-state index contributed by atoms with van der Waals surface area (Å²) in [6.07, 6.45) is 2.32. The SMILES string of the molecule is CC1(C)C[C@@H]2C[C@@H](CC(C)(C)C2=O)C1=O. The molecule has 2 atom stereocenters. The summed E-state index contributed by atoms with van der Waals surface area (Å²) in [4.78, 5) is 24.3. The summed E-state index contributed by atoms with van der Waals surface area (Å²) in [5, 5.41) is 0. The van der Waals surface area contributed by atoms with Crippen molar-refractivity contribution in [2.45, 2.75) is 47.0 Å². The molecule has 0 aliphatic heterocycles. The quantitative estimate of drug-likeness (QED) is 0.613. The summed E-state index contributed by atoms with van der Waals surface area (Å²) in [6, 6.07) is 0. The maximum atomic E-state index is 12.1. The van der Waals surface area contributed by atoms with Crippen LogP contribution in [0.15, 0.2) is 0 Å². The molecule has 0 aromatic carbocycles. The molecule has 2 aliphatic carbocycles. The van der Waals surface area contributed by atoms with Gasteiger partial charge in [-0.05, 0) is 19.3 Å². The lowest BCUT2D eigenvalue weighted by molar-refractivity contribution is -0.151. The Kier molecular flexibility index (Phi) is 2.12. The number of rotatable bonds is 0. The smallest absolute Gasteiger partial charge is 0.141 e. The van der Waals surface area contributed by atoms with Gasteiger partial charge in [-0.2, -0.15) is 0 Å². The van der Waals surface area contributed by atoms with Crippen LogP contribution in [-0.4, -0.2) is 11.6 Å². The second-order valence-corrected chi connectivity index (χ2v) is 6.53. The maximum Gasteiger partial charge on any atom is 0.141 e. The molecule has 0 saturated heterocycles. The van der Waals surface area contributed by atoms with Crippen molar-refractivity contribution in [1.29, 1.82) is 0 Å². The van der Waals surface area contributed by atoms with Crippen molar-refractivity contribution in [2.24, 2.45) is 22.7 Å². The van der Waals surface area contributed by atoms with Gasteiger partial charge in [-0.25, -0.2) is 0 Å². The highest BCUT2D eigenvalue weighted by Crippen LogP contribution is 2.49. The Morgan fingerprint density at radius 2 is 1.20 bits per heavy atom. The van der Waals surface area contributed by atoms with Crippen molar-refractivity contribution in [3.05, 3.63) is 0 Å². The van der Waals surface area contributed by atoms with Crippen molar-refractivity contribution in [1.82, 2.24) is 0 Å². The molecule has 2 nitrogen and oxygen atoms in total. The first kappa shape index (κ1) is 10.8. The number of Topliss-reactive ketones (excluding diaryl/α,β-unsaturated/α-hetero) is 2. The molecule has 0 amide bonds. The molecule has 2 rings (SSSR count). The topological polar surface area (TPSA) is 34.1 Å². The van der Waals surface area contributed by atoms with Crippen molar-refractivity contribution < 1.29 is 9.59 Å². The van der Waals surface area contributed by atoms with Gasteiger partial charge in [-0.3, -0.25) is 9.59 Å². The van der Waals surface area contributed by atoms with E-state index in [4.69, 9.17) is 0 Å². The lowest BCUT2D eigenvalue weighted by Crippen LogP contribution is -2.50. The van der Waals surface area contributed by atoms with E-state index in [0.29, 0.717) is 11.6 Å². The molecule has 84 valence electrons. The van der Waals surface area contributed by atoms with Gasteiger partial charge in [0.25, 0.3) is 0 Å². The summed E-state index contributed by atoms with van der Waals surface area (Å²) in [5.74, 6) is 1.01. The minimum Gasteiger partial charge on any atom is -0.299 e. The van der Waals surface area contributed by atoms with Gasteiger partial charge in [-0.1, -0.05) is 27.7 Å². The lowest BCUT2D eigenvalue weighted by Gasteiger charge is -2.46. The summed E-state index contributed by atoms with van der Waals surface area (Å²) >= 11 is 0. The Morgan fingerprint density at radius 3 is 1.53 bits per heavy atom. The van der Waals surface area contributed by atoms with Gasteiger partial charge >= 0.3 is 0 Å². The molecule has 2 fully saturated rings. The van der Waals surface area contributed by atoms with E-state index in [2.05, 4.69) is 0 Å². The molecule has 2 heteroatoms. The monoisotopic (exact) mass is 208 g/mol. The minimum atomic E-state index is -0.278. The van der Waals surface area contributed by atoms with Crippen LogP contribution < -0.4 is 0 Å². The third kappa shape index (κ3) is 1.54. The van der Waals surface area contributed by atoms with Gasteiger partial charge < -0.3 is 0 Å². The van der Waals surface area contributed by atoms with Crippen LogP contribution in [0.3, 0.4) is 0 Å².